The second-order valence-electron chi connectivity index (χ2n) is 4.12. The second kappa shape index (κ2) is 5.32. The summed E-state index contributed by atoms with van der Waals surface area (Å²) in [6.07, 6.45) is 1.65. The van der Waals surface area contributed by atoms with E-state index < -0.39 is 0 Å². The van der Waals surface area contributed by atoms with Gasteiger partial charge in [-0.25, -0.2) is 0 Å². The molecule has 1 amide bonds. The van der Waals surface area contributed by atoms with Crippen LogP contribution in [0.15, 0.2) is 0 Å². The number of hydrogen-bond acceptors (Lipinski definition) is 3. The number of aliphatic hydroxyl groups excluding tert-OH is 1. The van der Waals surface area contributed by atoms with E-state index in [4.69, 9.17) is 10.8 Å². The van der Waals surface area contributed by atoms with Crippen molar-refractivity contribution < 1.29 is 9.90 Å². The summed E-state index contributed by atoms with van der Waals surface area (Å²) in [5.41, 5.74) is 5.54. The number of nitrogens with two attached hydrogens (primary N) is 1. The summed E-state index contributed by atoms with van der Waals surface area (Å²) in [6.45, 7) is 4.01. The van der Waals surface area contributed by atoms with Crippen molar-refractivity contribution in [1.82, 2.24) is 4.90 Å². The average Bonchev–Trinajstić information content (AvgIpc) is 2.62. The van der Waals surface area contributed by atoms with Crippen molar-refractivity contribution in [2.75, 3.05) is 19.6 Å². The van der Waals surface area contributed by atoms with Crippen LogP contribution in [0.25, 0.3) is 0 Å². The Kier molecular flexibility index (Phi) is 4.35. The van der Waals surface area contributed by atoms with Crippen LogP contribution in [-0.4, -0.2) is 41.7 Å². The lowest BCUT2D eigenvalue weighted by Crippen LogP contribution is -2.30. The van der Waals surface area contributed by atoms with Gasteiger partial charge in [0.15, 0.2) is 0 Å². The molecule has 0 aliphatic carbocycles. The van der Waals surface area contributed by atoms with Crippen molar-refractivity contribution in [3.63, 3.8) is 0 Å². The van der Waals surface area contributed by atoms with E-state index in [0.717, 1.165) is 19.5 Å². The molecule has 2 atom stereocenters. The Labute approximate surface area is 85.1 Å². The first kappa shape index (κ1) is 11.5. The van der Waals surface area contributed by atoms with Crippen LogP contribution in [0.1, 0.15) is 26.2 Å². The molecule has 1 aliphatic heterocycles. The van der Waals surface area contributed by atoms with Crippen LogP contribution in [0.4, 0.5) is 0 Å². The van der Waals surface area contributed by atoms with E-state index in [9.17, 15) is 4.79 Å². The van der Waals surface area contributed by atoms with Crippen molar-refractivity contribution in [1.29, 1.82) is 0 Å². The van der Waals surface area contributed by atoms with E-state index in [1.54, 1.807) is 6.92 Å². The van der Waals surface area contributed by atoms with Gasteiger partial charge in [-0.15, -0.1) is 0 Å². The minimum absolute atomic E-state index is 0.154. The molecule has 4 heteroatoms. The molecular formula is C10H20N2O2. The predicted octanol–water partition coefficient (Wildman–Crippen LogP) is -0.0454. The SMILES string of the molecule is CC(O)CCC(=O)N1CCC(CN)C1. The van der Waals surface area contributed by atoms with Gasteiger partial charge in [0.25, 0.3) is 0 Å². The zero-order valence-corrected chi connectivity index (χ0v) is 8.78. The highest BCUT2D eigenvalue weighted by Crippen LogP contribution is 2.16. The molecular weight excluding hydrogens is 180 g/mol. The van der Waals surface area contributed by atoms with Crippen molar-refractivity contribution >= 4 is 5.91 Å². The quantitative estimate of drug-likeness (QED) is 0.669. The summed E-state index contributed by atoms with van der Waals surface area (Å²) in [5, 5.41) is 9.05. The standard InChI is InChI=1S/C10H20N2O2/c1-8(13)2-3-10(14)12-5-4-9(6-11)7-12/h8-9,13H,2-7,11H2,1H3. The number of carbonyl (C=O) groups excluding carboxylic acids is 1. The molecule has 0 bridgehead atoms. The normalized spacial score (nSPS) is 23.9. The molecule has 82 valence electrons. The van der Waals surface area contributed by atoms with Crippen LogP contribution in [-0.2, 0) is 4.79 Å². The summed E-state index contributed by atoms with van der Waals surface area (Å²) < 4.78 is 0. The lowest BCUT2D eigenvalue weighted by atomic mass is 10.1. The highest BCUT2D eigenvalue weighted by molar-refractivity contribution is 5.76. The summed E-state index contributed by atoms with van der Waals surface area (Å²) in [4.78, 5) is 13.4. The first-order chi connectivity index (χ1) is 6.63. The van der Waals surface area contributed by atoms with Gasteiger partial charge in [-0.05, 0) is 32.2 Å². The van der Waals surface area contributed by atoms with E-state index in [1.807, 2.05) is 4.90 Å². The number of hydrogen-bond donors (Lipinski definition) is 2. The van der Waals surface area contributed by atoms with Gasteiger partial charge in [0.1, 0.15) is 0 Å². The van der Waals surface area contributed by atoms with Gasteiger partial charge in [0.05, 0.1) is 6.10 Å². The summed E-state index contributed by atoms with van der Waals surface area (Å²) >= 11 is 0. The smallest absolute Gasteiger partial charge is 0.222 e. The molecule has 0 spiro atoms. The maximum absolute atomic E-state index is 11.6. The van der Waals surface area contributed by atoms with E-state index in [1.165, 1.54) is 0 Å². The molecule has 1 heterocycles. The van der Waals surface area contributed by atoms with Crippen LogP contribution < -0.4 is 5.73 Å². The highest BCUT2D eigenvalue weighted by atomic mass is 16.3. The zero-order chi connectivity index (χ0) is 10.6. The minimum Gasteiger partial charge on any atom is -0.393 e. The monoisotopic (exact) mass is 200 g/mol. The summed E-state index contributed by atoms with van der Waals surface area (Å²) in [5.74, 6) is 0.632. The lowest BCUT2D eigenvalue weighted by molar-refractivity contribution is -0.130. The Hall–Kier alpha value is -0.610. The van der Waals surface area contributed by atoms with Gasteiger partial charge in [0.2, 0.25) is 5.91 Å². The number of carbonyl (C=O) groups is 1. The van der Waals surface area contributed by atoms with Crippen molar-refractivity contribution in [3.8, 4) is 0 Å². The fourth-order valence-corrected chi connectivity index (χ4v) is 1.74. The minimum atomic E-state index is -0.383. The van der Waals surface area contributed by atoms with Crippen LogP contribution in [0, 0.1) is 5.92 Å². The molecule has 0 aromatic rings. The van der Waals surface area contributed by atoms with Gasteiger partial charge in [-0.2, -0.15) is 0 Å². The first-order valence-corrected chi connectivity index (χ1v) is 5.29. The number of rotatable bonds is 4. The fourth-order valence-electron chi connectivity index (χ4n) is 1.74. The van der Waals surface area contributed by atoms with Gasteiger partial charge in [0, 0.05) is 19.5 Å². The maximum atomic E-state index is 11.6. The van der Waals surface area contributed by atoms with Crippen molar-refractivity contribution in [2.45, 2.75) is 32.3 Å². The number of likely N-dealkylation sites (tertiary alicyclic amines) is 1. The van der Waals surface area contributed by atoms with Gasteiger partial charge in [-0.1, -0.05) is 0 Å². The third-order valence-electron chi connectivity index (χ3n) is 2.75. The number of amides is 1. The Bertz CT molecular complexity index is 195. The molecule has 1 rings (SSSR count). The van der Waals surface area contributed by atoms with Crippen molar-refractivity contribution in [2.24, 2.45) is 11.7 Å². The Morgan fingerprint density at radius 2 is 2.43 bits per heavy atom. The maximum Gasteiger partial charge on any atom is 0.222 e. The second-order valence-corrected chi connectivity index (χ2v) is 4.12. The average molecular weight is 200 g/mol. The predicted molar refractivity (Wildman–Crippen MR) is 54.7 cm³/mol. The molecule has 3 N–H and O–H groups in total. The van der Waals surface area contributed by atoms with E-state index >= 15 is 0 Å². The molecule has 4 nitrogen and oxygen atoms in total. The van der Waals surface area contributed by atoms with Crippen LogP contribution in [0.3, 0.4) is 0 Å². The van der Waals surface area contributed by atoms with E-state index in [0.29, 0.717) is 25.3 Å². The largest absolute Gasteiger partial charge is 0.393 e. The third-order valence-corrected chi connectivity index (χ3v) is 2.75. The molecule has 1 saturated heterocycles. The fraction of sp³-hybridized carbons (Fsp3) is 0.900. The molecule has 1 aliphatic rings. The Morgan fingerprint density at radius 3 is 2.93 bits per heavy atom. The number of aliphatic hydroxyl groups is 1. The molecule has 0 aromatic heterocycles. The van der Waals surface area contributed by atoms with Gasteiger partial charge in [-0.3, -0.25) is 4.79 Å². The molecule has 0 saturated carbocycles. The van der Waals surface area contributed by atoms with E-state index in [-0.39, 0.29) is 12.0 Å². The zero-order valence-electron chi connectivity index (χ0n) is 8.78. The summed E-state index contributed by atoms with van der Waals surface area (Å²) in [6, 6.07) is 0. The summed E-state index contributed by atoms with van der Waals surface area (Å²) in [7, 11) is 0. The Morgan fingerprint density at radius 1 is 1.71 bits per heavy atom. The van der Waals surface area contributed by atoms with Gasteiger partial charge >= 0.3 is 0 Å². The molecule has 0 radical (unpaired) electrons. The third kappa shape index (κ3) is 3.27. The molecule has 1 fully saturated rings. The highest BCUT2D eigenvalue weighted by Gasteiger charge is 2.24. The van der Waals surface area contributed by atoms with E-state index in [2.05, 4.69) is 0 Å². The molecule has 0 aromatic carbocycles. The topological polar surface area (TPSA) is 66.6 Å². The molecule has 2 unspecified atom stereocenters. The van der Waals surface area contributed by atoms with Crippen molar-refractivity contribution in [3.05, 3.63) is 0 Å². The van der Waals surface area contributed by atoms with Crippen LogP contribution >= 0.6 is 0 Å². The van der Waals surface area contributed by atoms with Crippen LogP contribution in [0.5, 0.6) is 0 Å². The lowest BCUT2D eigenvalue weighted by Gasteiger charge is -2.16. The van der Waals surface area contributed by atoms with Crippen LogP contribution in [0.2, 0.25) is 0 Å². The first-order valence-electron chi connectivity index (χ1n) is 5.29. The van der Waals surface area contributed by atoms with Gasteiger partial charge < -0.3 is 15.7 Å². The number of nitrogens with zero attached hydrogens (tertiary/aromatic N) is 1. The Balaban J connectivity index is 2.25. The molecule has 14 heavy (non-hydrogen) atoms.